The van der Waals surface area contributed by atoms with E-state index in [1.54, 1.807) is 12.1 Å². The predicted molar refractivity (Wildman–Crippen MR) is 243 cm³/mol. The topological polar surface area (TPSA) is 140 Å². The normalized spacial score (nSPS) is 22.6. The van der Waals surface area contributed by atoms with Crippen molar-refractivity contribution in [3.05, 3.63) is 63.8 Å². The zero-order valence-electron chi connectivity index (χ0n) is 37.1. The van der Waals surface area contributed by atoms with Gasteiger partial charge in [-0.25, -0.2) is 10.4 Å². The summed E-state index contributed by atoms with van der Waals surface area (Å²) in [6.45, 7) is 17.8. The molecular weight excluding hydrogens is 815 g/mol. The smallest absolute Gasteiger partial charge is 0.293 e. The maximum absolute atomic E-state index is 14.1. The summed E-state index contributed by atoms with van der Waals surface area (Å²) in [5.41, 5.74) is 11.1. The van der Waals surface area contributed by atoms with E-state index < -0.39 is 11.5 Å². The van der Waals surface area contributed by atoms with Crippen LogP contribution in [0.25, 0.3) is 33.4 Å². The molecule has 2 amide bonds. The number of benzene rings is 1. The zero-order valence-corrected chi connectivity index (χ0v) is 37.9. The molecule has 7 heterocycles. The lowest BCUT2D eigenvalue weighted by atomic mass is 9.78. The number of nitrogens with one attached hydrogen (secondary N) is 2. The second-order valence-electron chi connectivity index (χ2n) is 18.9. The fourth-order valence-electron chi connectivity index (χ4n) is 9.96. The molecule has 0 spiro atoms. The molecule has 332 valence electrons. The summed E-state index contributed by atoms with van der Waals surface area (Å²) in [7, 11) is 1.70. The lowest BCUT2D eigenvalue weighted by Gasteiger charge is -2.49. The van der Waals surface area contributed by atoms with Crippen LogP contribution in [0.15, 0.2) is 41.9 Å². The Hall–Kier alpha value is -5.07. The molecule has 6 aliphatic rings. The van der Waals surface area contributed by atoms with Crippen LogP contribution in [0.5, 0.6) is 5.75 Å². The van der Waals surface area contributed by atoms with Crippen LogP contribution in [0.4, 0.5) is 0 Å². The van der Waals surface area contributed by atoms with Gasteiger partial charge in [0.25, 0.3) is 12.4 Å². The molecule has 4 aromatic rings. The molecule has 14 heteroatoms. The van der Waals surface area contributed by atoms with Gasteiger partial charge in [0, 0.05) is 65.2 Å². The third-order valence-corrected chi connectivity index (χ3v) is 14.6. The van der Waals surface area contributed by atoms with Crippen molar-refractivity contribution in [1.29, 1.82) is 0 Å². The summed E-state index contributed by atoms with van der Waals surface area (Å²) in [5, 5.41) is 8.62. The number of thiazole rings is 1. The van der Waals surface area contributed by atoms with Gasteiger partial charge in [0.05, 0.1) is 59.3 Å². The monoisotopic (exact) mass is 873 g/mol. The summed E-state index contributed by atoms with van der Waals surface area (Å²) in [6, 6.07) is 5.77. The average Bonchev–Trinajstić information content (AvgIpc) is 3.53. The molecule has 3 saturated heterocycles. The number of rotatable bonds is 15. The van der Waals surface area contributed by atoms with E-state index in [1.165, 1.54) is 30.6 Å². The number of carbonyl (C=O) groups is 3. The highest BCUT2D eigenvalue weighted by Gasteiger charge is 2.47. The van der Waals surface area contributed by atoms with Gasteiger partial charge in [-0.15, -0.1) is 11.3 Å². The number of pyridine rings is 1. The van der Waals surface area contributed by atoms with Crippen molar-refractivity contribution in [3.63, 3.8) is 0 Å². The predicted octanol–water partition coefficient (Wildman–Crippen LogP) is 6.48. The molecule has 0 radical (unpaired) electrons. The molecule has 4 atom stereocenters. The Labute approximate surface area is 373 Å². The quantitative estimate of drug-likeness (QED) is 0.0776. The van der Waals surface area contributed by atoms with E-state index in [2.05, 4.69) is 70.7 Å². The Kier molecular flexibility index (Phi) is 12.2. The van der Waals surface area contributed by atoms with Crippen molar-refractivity contribution in [1.82, 2.24) is 35.2 Å². The third-order valence-electron chi connectivity index (χ3n) is 13.8. The molecule has 0 unspecified atom stereocenters. The average molecular weight is 874 g/mol. The molecule has 2 aliphatic carbocycles. The third kappa shape index (κ3) is 8.77. The summed E-state index contributed by atoms with van der Waals surface area (Å²) in [4.78, 5) is 51.6. The molecule has 2 saturated carbocycles. The number of fused-ring (bicyclic) bond motifs is 2. The first kappa shape index (κ1) is 43.2. The summed E-state index contributed by atoms with van der Waals surface area (Å²) in [6.07, 6.45) is 8.08. The van der Waals surface area contributed by atoms with E-state index in [1.807, 2.05) is 25.4 Å². The van der Waals surface area contributed by atoms with Crippen molar-refractivity contribution < 1.29 is 28.6 Å². The van der Waals surface area contributed by atoms with Crippen LogP contribution in [0.3, 0.4) is 0 Å². The van der Waals surface area contributed by atoms with Gasteiger partial charge in [0.15, 0.2) is 0 Å². The molecule has 2 bridgehead atoms. The first-order valence-corrected chi connectivity index (χ1v) is 23.4. The van der Waals surface area contributed by atoms with Crippen molar-refractivity contribution in [2.24, 2.45) is 23.2 Å². The van der Waals surface area contributed by atoms with Crippen LogP contribution in [0.1, 0.15) is 87.7 Å². The molecule has 1 aromatic carbocycles. The zero-order chi connectivity index (χ0) is 44.0. The van der Waals surface area contributed by atoms with E-state index in [0.717, 1.165) is 106 Å². The maximum Gasteiger partial charge on any atom is 0.293 e. The van der Waals surface area contributed by atoms with Crippen molar-refractivity contribution in [3.8, 4) is 40.1 Å². The Morgan fingerprint density at radius 2 is 1.97 bits per heavy atom. The first-order valence-electron chi connectivity index (χ1n) is 22.5. The minimum atomic E-state index is -0.768. The molecule has 3 aromatic heterocycles. The number of aromatic nitrogens is 3. The number of carbonyl (C=O) groups excluding carboxylic acids is 3. The lowest BCUT2D eigenvalue weighted by Crippen LogP contribution is -2.66. The van der Waals surface area contributed by atoms with Crippen LogP contribution in [0.2, 0.25) is 0 Å². The van der Waals surface area contributed by atoms with Gasteiger partial charge >= 0.3 is 0 Å². The molecule has 63 heavy (non-hydrogen) atoms. The van der Waals surface area contributed by atoms with E-state index in [-0.39, 0.29) is 48.8 Å². The largest absolute Gasteiger partial charge is 0.489 e. The number of nitrogens with zero attached hydrogens (tertiary/aromatic N) is 5. The SMILES string of the molecule is C=C1[C@H](C(=O)N[C@@H](Cc2nc(-c3cc4c5c(c3)c(CC(C)(C)COC=O)c(-c3cc(C#CCN6CCCCC6)cnc3[C@H](C)OC)n5CCO4)cs2)C(=O)N2NCC3CC2C3)[C@H]1C. The molecule has 2 N–H and O–H groups in total. The van der Waals surface area contributed by atoms with E-state index in [0.29, 0.717) is 32.0 Å². The summed E-state index contributed by atoms with van der Waals surface area (Å²) in [5.74, 6) is 7.75. The number of amides is 2. The number of ether oxygens (including phenoxy) is 3. The van der Waals surface area contributed by atoms with E-state index in [4.69, 9.17) is 24.2 Å². The van der Waals surface area contributed by atoms with E-state index >= 15 is 0 Å². The van der Waals surface area contributed by atoms with Gasteiger partial charge in [-0.2, -0.15) is 0 Å². The van der Waals surface area contributed by atoms with Crippen LogP contribution in [-0.4, -0.2) is 101 Å². The fraction of sp³-hybridized carbons (Fsp3) is 0.531. The van der Waals surface area contributed by atoms with Gasteiger partial charge in [0.1, 0.15) is 18.4 Å². The summed E-state index contributed by atoms with van der Waals surface area (Å²) < 4.78 is 20.1. The van der Waals surface area contributed by atoms with Gasteiger partial charge in [-0.05, 0) is 87.7 Å². The number of hydrazine groups is 1. The second kappa shape index (κ2) is 17.8. The van der Waals surface area contributed by atoms with Gasteiger partial charge < -0.3 is 24.1 Å². The van der Waals surface area contributed by atoms with Crippen LogP contribution < -0.4 is 15.5 Å². The second-order valence-corrected chi connectivity index (χ2v) is 19.9. The van der Waals surface area contributed by atoms with Crippen LogP contribution >= 0.6 is 11.3 Å². The number of hydrogen-bond acceptors (Lipinski definition) is 11. The number of methoxy groups -OCH3 is 1. The van der Waals surface area contributed by atoms with Crippen molar-refractivity contribution in [2.75, 3.05) is 46.5 Å². The lowest BCUT2D eigenvalue weighted by molar-refractivity contribution is -0.151. The maximum atomic E-state index is 14.1. The molecule has 4 aliphatic heterocycles. The Morgan fingerprint density at radius 3 is 2.68 bits per heavy atom. The van der Waals surface area contributed by atoms with Gasteiger partial charge in [-0.1, -0.05) is 51.2 Å². The minimum Gasteiger partial charge on any atom is -0.489 e. The van der Waals surface area contributed by atoms with Crippen molar-refractivity contribution >= 4 is 40.5 Å². The Balaban J connectivity index is 1.10. The minimum absolute atomic E-state index is 0.104. The molecule has 5 fully saturated rings. The van der Waals surface area contributed by atoms with E-state index in [9.17, 15) is 14.4 Å². The highest BCUT2D eigenvalue weighted by Crippen LogP contribution is 2.47. The molecule has 13 nitrogen and oxygen atoms in total. The fourth-order valence-corrected chi connectivity index (χ4v) is 10.8. The molecule has 10 rings (SSSR count). The number of piperidine rings is 1. The van der Waals surface area contributed by atoms with Gasteiger partial charge in [0.2, 0.25) is 5.91 Å². The highest BCUT2D eigenvalue weighted by atomic mass is 32.1. The van der Waals surface area contributed by atoms with Crippen LogP contribution in [0, 0.1) is 35.0 Å². The number of hydrogen-bond donors (Lipinski definition) is 2. The van der Waals surface area contributed by atoms with Gasteiger partial charge in [-0.3, -0.25) is 29.3 Å². The van der Waals surface area contributed by atoms with Crippen LogP contribution in [-0.2, 0) is 43.2 Å². The number of likely N-dealkylation sites (tertiary alicyclic amines) is 1. The Bertz CT molecular complexity index is 2480. The standard InChI is InChI=1S/C49H59N7O6S/c1-29-30(2)43(29)47(58)53-39(48(59)56-35-17-33(18-35)25-51-56)22-42-52-40(26-63-42)34-20-36-38(23-49(4,5)27-61-28-57)45(55-15-16-62-41(21-34)46(36)55)37-19-32(24-50-44(37)31(3)60-6)11-10-14-54-12-8-7-9-13-54/h19-21,24,26,28,30-31,33,35,39,43,51H,1,7-9,12-18,22-23,25,27H2,2-6H3,(H,53,58)/t30-,31-,33?,35?,39-,43-/m0/s1. The first-order chi connectivity index (χ1) is 30.4. The van der Waals surface area contributed by atoms with Crippen molar-refractivity contribution in [2.45, 2.75) is 97.4 Å². The highest BCUT2D eigenvalue weighted by molar-refractivity contribution is 7.10. The molecular formula is C49H59N7O6S. The Morgan fingerprint density at radius 1 is 1.17 bits per heavy atom. The summed E-state index contributed by atoms with van der Waals surface area (Å²) >= 11 is 1.48.